The van der Waals surface area contributed by atoms with E-state index in [1.165, 1.54) is 4.68 Å². The van der Waals surface area contributed by atoms with Crippen LogP contribution in [0.3, 0.4) is 0 Å². The van der Waals surface area contributed by atoms with Gasteiger partial charge < -0.3 is 0 Å². The summed E-state index contributed by atoms with van der Waals surface area (Å²) in [6.45, 7) is 0. The summed E-state index contributed by atoms with van der Waals surface area (Å²) in [6.07, 6.45) is 0. The van der Waals surface area contributed by atoms with E-state index in [-0.39, 0.29) is 5.69 Å². The minimum absolute atomic E-state index is 0.199. The van der Waals surface area contributed by atoms with E-state index in [0.29, 0.717) is 0 Å². The van der Waals surface area contributed by atoms with Crippen LogP contribution >= 0.6 is 0 Å². The molecule has 0 atom stereocenters. The van der Waals surface area contributed by atoms with Gasteiger partial charge in [-0.1, -0.05) is 70.4 Å². The smallest absolute Gasteiger partial charge is 0.194 e. The maximum atomic E-state index is 13.4. The third-order valence-electron chi connectivity index (χ3n) is 4.71. The molecule has 1 heterocycles. The molecule has 0 fully saturated rings. The number of hydrogen-bond donors (Lipinski definition) is 0. The van der Waals surface area contributed by atoms with Crippen LogP contribution in [0.2, 0.25) is 0 Å². The van der Waals surface area contributed by atoms with Gasteiger partial charge in [-0.2, -0.15) is 9.36 Å². The summed E-state index contributed by atoms with van der Waals surface area (Å²) in [5.74, 6) is 0. The van der Waals surface area contributed by atoms with Crippen molar-refractivity contribution in [2.75, 3.05) is 0 Å². The highest BCUT2D eigenvalue weighted by atomic mass is 16.2. The fraction of sp³-hybridized carbons (Fsp3) is 0. The maximum Gasteiger partial charge on any atom is 0.529 e. The largest absolute Gasteiger partial charge is 0.529 e. The van der Waals surface area contributed by atoms with Crippen molar-refractivity contribution in [3.05, 3.63) is 108 Å². The Morgan fingerprint density at radius 3 is 2.15 bits per heavy atom. The SMILES string of the molecule is O=c1n(-c2ccccc2)nc2c3ccccc3ccc2[n+]1-c1ccccc1. The maximum absolute atomic E-state index is 13.4. The Balaban J connectivity index is 1.99. The van der Waals surface area contributed by atoms with E-state index >= 15 is 0 Å². The molecule has 0 saturated carbocycles. The Hall–Kier alpha value is -3.79. The average molecular weight is 350 g/mol. The monoisotopic (exact) mass is 350 g/mol. The zero-order chi connectivity index (χ0) is 18.2. The molecule has 0 N–H and O–H groups in total. The molecule has 0 aliphatic rings. The number of rotatable bonds is 2. The zero-order valence-corrected chi connectivity index (χ0v) is 14.5. The lowest BCUT2D eigenvalue weighted by molar-refractivity contribution is -0.589. The van der Waals surface area contributed by atoms with Crippen molar-refractivity contribution in [3.8, 4) is 11.4 Å². The van der Waals surface area contributed by atoms with Crippen LogP contribution in [0.1, 0.15) is 0 Å². The van der Waals surface area contributed by atoms with E-state index in [1.54, 1.807) is 4.57 Å². The molecule has 128 valence electrons. The van der Waals surface area contributed by atoms with E-state index in [0.717, 1.165) is 33.2 Å². The Bertz CT molecular complexity index is 1330. The number of hydrogen-bond acceptors (Lipinski definition) is 2. The quantitative estimate of drug-likeness (QED) is 0.359. The number of fused-ring (bicyclic) bond motifs is 3. The molecule has 0 spiro atoms. The van der Waals surface area contributed by atoms with Crippen molar-refractivity contribution < 1.29 is 4.57 Å². The van der Waals surface area contributed by atoms with Gasteiger partial charge in [-0.05, 0) is 41.8 Å². The highest BCUT2D eigenvalue weighted by Gasteiger charge is 2.22. The van der Waals surface area contributed by atoms with Gasteiger partial charge in [0.2, 0.25) is 0 Å². The first kappa shape index (κ1) is 15.5. The van der Waals surface area contributed by atoms with Crippen LogP contribution < -0.4 is 10.3 Å². The summed E-state index contributed by atoms with van der Waals surface area (Å²) in [5, 5.41) is 6.85. The van der Waals surface area contributed by atoms with Crippen LogP contribution in [-0.2, 0) is 0 Å². The minimum Gasteiger partial charge on any atom is -0.194 e. The molecule has 0 unspecified atom stereocenters. The number of aromatic nitrogens is 3. The predicted molar refractivity (Wildman–Crippen MR) is 106 cm³/mol. The second kappa shape index (κ2) is 6.18. The van der Waals surface area contributed by atoms with E-state index in [4.69, 9.17) is 5.10 Å². The van der Waals surface area contributed by atoms with Crippen LogP contribution in [-0.4, -0.2) is 9.78 Å². The third-order valence-corrected chi connectivity index (χ3v) is 4.71. The number of para-hydroxylation sites is 2. The van der Waals surface area contributed by atoms with Crippen molar-refractivity contribution in [1.82, 2.24) is 9.78 Å². The highest BCUT2D eigenvalue weighted by Crippen LogP contribution is 2.21. The first-order valence-electron chi connectivity index (χ1n) is 8.81. The fourth-order valence-corrected chi connectivity index (χ4v) is 3.43. The number of nitrogens with zero attached hydrogens (tertiary/aromatic N) is 3. The molecular weight excluding hydrogens is 334 g/mol. The van der Waals surface area contributed by atoms with Crippen molar-refractivity contribution >= 4 is 21.8 Å². The van der Waals surface area contributed by atoms with Gasteiger partial charge in [0.15, 0.2) is 16.7 Å². The summed E-state index contributed by atoms with van der Waals surface area (Å²) >= 11 is 0. The Kier molecular flexibility index (Phi) is 3.54. The standard InChI is InChI=1S/C23H16N3O/c27-23-25(18-10-3-1-4-11-18)21-16-15-17-9-7-8-14-20(17)22(21)24-26(23)19-12-5-2-6-13-19/h1-16H/q+1. The second-order valence-electron chi connectivity index (χ2n) is 6.36. The molecule has 5 aromatic rings. The molecule has 0 aliphatic heterocycles. The molecule has 1 aromatic heterocycles. The molecule has 5 rings (SSSR count). The minimum atomic E-state index is -0.199. The molecule has 0 saturated heterocycles. The number of benzene rings is 4. The van der Waals surface area contributed by atoms with Gasteiger partial charge in [-0.25, -0.2) is 0 Å². The Labute approximate surface area is 155 Å². The van der Waals surface area contributed by atoms with E-state index < -0.39 is 0 Å². The lowest BCUT2D eigenvalue weighted by Crippen LogP contribution is -2.53. The van der Waals surface area contributed by atoms with Gasteiger partial charge in [0, 0.05) is 5.39 Å². The first-order chi connectivity index (χ1) is 13.3. The molecule has 4 heteroatoms. The topological polar surface area (TPSA) is 38.8 Å². The lowest BCUT2D eigenvalue weighted by Gasteiger charge is -2.07. The third kappa shape index (κ3) is 2.50. The van der Waals surface area contributed by atoms with Crippen molar-refractivity contribution in [2.45, 2.75) is 0 Å². The summed E-state index contributed by atoms with van der Waals surface area (Å²) in [6, 6.07) is 31.3. The van der Waals surface area contributed by atoms with Gasteiger partial charge in [-0.15, -0.1) is 0 Å². The summed E-state index contributed by atoms with van der Waals surface area (Å²) in [5.41, 5.74) is 2.93. The average Bonchev–Trinajstić information content (AvgIpc) is 2.74. The van der Waals surface area contributed by atoms with Crippen molar-refractivity contribution in [1.29, 1.82) is 0 Å². The lowest BCUT2D eigenvalue weighted by atomic mass is 10.1. The molecule has 4 aromatic carbocycles. The highest BCUT2D eigenvalue weighted by molar-refractivity contribution is 6.02. The van der Waals surface area contributed by atoms with E-state index in [2.05, 4.69) is 6.07 Å². The fourth-order valence-electron chi connectivity index (χ4n) is 3.43. The first-order valence-corrected chi connectivity index (χ1v) is 8.81. The van der Waals surface area contributed by atoms with Crippen molar-refractivity contribution in [3.63, 3.8) is 0 Å². The summed E-state index contributed by atoms with van der Waals surface area (Å²) in [7, 11) is 0. The van der Waals surface area contributed by atoms with Gasteiger partial charge >= 0.3 is 5.69 Å². The molecule has 4 nitrogen and oxygen atoms in total. The van der Waals surface area contributed by atoms with Gasteiger partial charge in [0.05, 0.1) is 0 Å². The van der Waals surface area contributed by atoms with E-state index in [9.17, 15) is 4.79 Å². The van der Waals surface area contributed by atoms with Crippen LogP contribution in [0.15, 0.2) is 102 Å². The predicted octanol–water partition coefficient (Wildman–Crippen LogP) is 3.82. The second-order valence-corrected chi connectivity index (χ2v) is 6.36. The van der Waals surface area contributed by atoms with Crippen molar-refractivity contribution in [2.24, 2.45) is 0 Å². The van der Waals surface area contributed by atoms with Crippen LogP contribution in [0.5, 0.6) is 0 Å². The van der Waals surface area contributed by atoms with Gasteiger partial charge in [0.1, 0.15) is 5.69 Å². The van der Waals surface area contributed by atoms with Gasteiger partial charge in [-0.3, -0.25) is 0 Å². The normalized spacial score (nSPS) is 11.1. The molecular formula is C23H16N3O+. The van der Waals surface area contributed by atoms with Crippen LogP contribution in [0, 0.1) is 0 Å². The molecule has 0 amide bonds. The van der Waals surface area contributed by atoms with Crippen LogP contribution in [0.25, 0.3) is 33.2 Å². The Morgan fingerprint density at radius 1 is 0.704 bits per heavy atom. The van der Waals surface area contributed by atoms with Crippen LogP contribution in [0.4, 0.5) is 0 Å². The molecule has 0 bridgehead atoms. The zero-order valence-electron chi connectivity index (χ0n) is 14.5. The molecule has 0 aliphatic carbocycles. The Morgan fingerprint density at radius 2 is 1.37 bits per heavy atom. The summed E-state index contributed by atoms with van der Waals surface area (Å²) in [4.78, 5) is 13.4. The van der Waals surface area contributed by atoms with Gasteiger partial charge in [0.25, 0.3) is 0 Å². The molecule has 0 radical (unpaired) electrons. The summed E-state index contributed by atoms with van der Waals surface area (Å²) < 4.78 is 3.20. The van der Waals surface area contributed by atoms with E-state index in [1.807, 2.05) is 91.0 Å². The molecule has 27 heavy (non-hydrogen) atoms.